The van der Waals surface area contributed by atoms with Gasteiger partial charge in [0.1, 0.15) is 13.2 Å². The summed E-state index contributed by atoms with van der Waals surface area (Å²) in [5, 5.41) is 20.8. The van der Waals surface area contributed by atoms with Crippen molar-refractivity contribution in [1.82, 2.24) is 0 Å². The number of ether oxygens (including phenoxy) is 4. The summed E-state index contributed by atoms with van der Waals surface area (Å²) in [5.41, 5.74) is -0.319. The van der Waals surface area contributed by atoms with Crippen LogP contribution in [0.1, 0.15) is 11.1 Å². The topological polar surface area (TPSA) is 146 Å². The minimum Gasteiger partial charge on any atom is -0.507 e. The Balaban J connectivity index is 1.47. The Hall–Kier alpha value is -4.60. The summed E-state index contributed by atoms with van der Waals surface area (Å²) < 4.78 is 19.9. The van der Waals surface area contributed by atoms with Crippen LogP contribution >= 0.6 is 0 Å². The highest BCUT2D eigenvalue weighted by molar-refractivity contribution is 6.17. The minimum absolute atomic E-state index is 0.171. The molecule has 2 aromatic rings. The molecule has 0 aromatic heterocycles. The summed E-state index contributed by atoms with van der Waals surface area (Å²) in [7, 11) is 0. The zero-order chi connectivity index (χ0) is 24.2. The summed E-state index contributed by atoms with van der Waals surface area (Å²) in [6, 6.07) is 17.2. The van der Waals surface area contributed by atoms with E-state index >= 15 is 0 Å². The molecule has 0 amide bonds. The Morgan fingerprint density at radius 1 is 0.676 bits per heavy atom. The van der Waals surface area contributed by atoms with Crippen LogP contribution in [0.15, 0.2) is 83.3 Å². The van der Waals surface area contributed by atoms with Crippen LogP contribution in [0.2, 0.25) is 0 Å². The molecule has 2 atom stereocenters. The van der Waals surface area contributed by atoms with Crippen molar-refractivity contribution in [1.29, 1.82) is 0 Å². The molecule has 0 bridgehead atoms. The maximum atomic E-state index is 12.3. The third-order valence-corrected chi connectivity index (χ3v) is 5.04. The van der Waals surface area contributed by atoms with E-state index < -0.39 is 58.7 Å². The largest absolute Gasteiger partial charge is 0.507 e. The summed E-state index contributed by atoms with van der Waals surface area (Å²) in [5.74, 6) is -6.58. The van der Waals surface area contributed by atoms with Gasteiger partial charge in [-0.25, -0.2) is 19.2 Å². The van der Waals surface area contributed by atoms with Gasteiger partial charge in [0.15, 0.2) is 22.7 Å². The molecule has 0 saturated heterocycles. The first-order chi connectivity index (χ1) is 16.4. The predicted molar refractivity (Wildman–Crippen MR) is 112 cm³/mol. The van der Waals surface area contributed by atoms with E-state index in [4.69, 9.17) is 18.9 Å². The van der Waals surface area contributed by atoms with E-state index in [1.165, 1.54) is 0 Å². The summed E-state index contributed by atoms with van der Waals surface area (Å²) in [4.78, 5) is 49.1. The lowest BCUT2D eigenvalue weighted by Gasteiger charge is -2.16. The van der Waals surface area contributed by atoms with Crippen LogP contribution in [0.5, 0.6) is 0 Å². The smallest absolute Gasteiger partial charge is 0.350 e. The lowest BCUT2D eigenvalue weighted by atomic mass is 10.1. The molecule has 174 valence electrons. The van der Waals surface area contributed by atoms with Gasteiger partial charge in [-0.3, -0.25) is 0 Å². The maximum Gasteiger partial charge on any atom is 0.350 e. The Morgan fingerprint density at radius 2 is 1.03 bits per heavy atom. The Bertz CT molecular complexity index is 1100. The van der Waals surface area contributed by atoms with Crippen molar-refractivity contribution in [3.63, 3.8) is 0 Å². The highest BCUT2D eigenvalue weighted by Crippen LogP contribution is 2.33. The predicted octanol–water partition coefficient (Wildman–Crippen LogP) is 1.95. The van der Waals surface area contributed by atoms with Gasteiger partial charge in [0.05, 0.1) is 0 Å². The molecule has 2 aromatic carbocycles. The van der Waals surface area contributed by atoms with Crippen LogP contribution in [0.3, 0.4) is 0 Å². The van der Waals surface area contributed by atoms with E-state index in [9.17, 15) is 29.4 Å². The normalized spacial score (nSPS) is 19.6. The maximum absolute atomic E-state index is 12.3. The number of esters is 4. The van der Waals surface area contributed by atoms with E-state index in [1.807, 2.05) is 0 Å². The van der Waals surface area contributed by atoms with Crippen LogP contribution in [-0.4, -0.2) is 46.3 Å². The highest BCUT2D eigenvalue weighted by Gasteiger charge is 2.51. The molecule has 2 aliphatic rings. The second-order valence-electron chi connectivity index (χ2n) is 7.30. The fourth-order valence-corrected chi connectivity index (χ4v) is 3.33. The molecule has 4 rings (SSSR count). The first-order valence-electron chi connectivity index (χ1n) is 10.1. The van der Waals surface area contributed by atoms with Gasteiger partial charge in [-0.1, -0.05) is 60.7 Å². The molecule has 34 heavy (non-hydrogen) atoms. The molecule has 0 fully saturated rings. The SMILES string of the molecule is O=C(OCc1ccccc1)C1=C(O)[C@@H]([C@H]2OC(=O)C(C(=O)OCc3ccccc3)=C2O)OC1=O. The van der Waals surface area contributed by atoms with Gasteiger partial charge in [-0.05, 0) is 11.1 Å². The average molecular weight is 466 g/mol. The summed E-state index contributed by atoms with van der Waals surface area (Å²) in [6.45, 7) is -0.343. The van der Waals surface area contributed by atoms with Crippen LogP contribution in [0, 0.1) is 0 Å². The van der Waals surface area contributed by atoms with Gasteiger partial charge in [-0.15, -0.1) is 0 Å². The molecule has 0 spiro atoms. The third kappa shape index (κ3) is 4.46. The van der Waals surface area contributed by atoms with E-state index in [0.717, 1.165) is 0 Å². The van der Waals surface area contributed by atoms with Crippen molar-refractivity contribution in [2.75, 3.05) is 0 Å². The zero-order valence-electron chi connectivity index (χ0n) is 17.5. The van der Waals surface area contributed by atoms with E-state index in [-0.39, 0.29) is 13.2 Å². The quantitative estimate of drug-likeness (QED) is 0.353. The molecule has 0 saturated carbocycles. The van der Waals surface area contributed by atoms with Gasteiger partial charge in [0.2, 0.25) is 12.2 Å². The zero-order valence-corrected chi connectivity index (χ0v) is 17.5. The van der Waals surface area contributed by atoms with Crippen molar-refractivity contribution < 1.29 is 48.3 Å². The lowest BCUT2D eigenvalue weighted by Crippen LogP contribution is -2.31. The molecule has 2 aliphatic heterocycles. The summed E-state index contributed by atoms with van der Waals surface area (Å²) in [6.07, 6.45) is -3.48. The van der Waals surface area contributed by atoms with Crippen LogP contribution in [0.25, 0.3) is 0 Å². The molecule has 0 aliphatic carbocycles. The van der Waals surface area contributed by atoms with E-state index in [2.05, 4.69) is 0 Å². The van der Waals surface area contributed by atoms with E-state index in [0.29, 0.717) is 11.1 Å². The van der Waals surface area contributed by atoms with Gasteiger partial charge in [0.25, 0.3) is 0 Å². The van der Waals surface area contributed by atoms with Gasteiger partial charge >= 0.3 is 23.9 Å². The Labute approximate surface area is 192 Å². The lowest BCUT2D eigenvalue weighted by molar-refractivity contribution is -0.157. The number of hydrogen-bond acceptors (Lipinski definition) is 10. The van der Waals surface area contributed by atoms with Crippen molar-refractivity contribution >= 4 is 23.9 Å². The standard InChI is InChI=1S/C24H18O10/c25-17-15(21(27)31-11-13-7-3-1-4-8-13)23(29)33-19(17)20-18(26)16(24(30)34-20)22(28)32-12-14-9-5-2-6-10-14/h1-10,19-20,25-26H,11-12H2/t19-,20-/m0/s1. The van der Waals surface area contributed by atoms with Gasteiger partial charge in [-0.2, -0.15) is 0 Å². The van der Waals surface area contributed by atoms with Crippen molar-refractivity contribution in [2.45, 2.75) is 25.4 Å². The number of carbonyl (C=O) groups excluding carboxylic acids is 4. The molecule has 10 heteroatoms. The molecular formula is C24H18O10. The fourth-order valence-electron chi connectivity index (χ4n) is 3.33. The fraction of sp³-hybridized carbons (Fsp3) is 0.167. The molecular weight excluding hydrogens is 448 g/mol. The number of benzene rings is 2. The second-order valence-corrected chi connectivity index (χ2v) is 7.30. The number of carbonyl (C=O) groups is 4. The molecule has 10 nitrogen and oxygen atoms in total. The first kappa shape index (κ1) is 22.6. The van der Waals surface area contributed by atoms with Crippen LogP contribution < -0.4 is 0 Å². The average Bonchev–Trinajstić information content (AvgIpc) is 3.30. The number of cyclic esters (lactones) is 2. The van der Waals surface area contributed by atoms with Crippen molar-refractivity contribution in [3.8, 4) is 0 Å². The van der Waals surface area contributed by atoms with Crippen molar-refractivity contribution in [2.24, 2.45) is 0 Å². The number of aliphatic hydroxyl groups is 2. The molecule has 2 N–H and O–H groups in total. The Morgan fingerprint density at radius 3 is 1.38 bits per heavy atom. The second kappa shape index (κ2) is 9.49. The molecule has 0 radical (unpaired) electrons. The molecule has 2 heterocycles. The van der Waals surface area contributed by atoms with Gasteiger partial charge in [0, 0.05) is 0 Å². The van der Waals surface area contributed by atoms with Crippen molar-refractivity contribution in [3.05, 3.63) is 94.5 Å². The molecule has 0 unspecified atom stereocenters. The summed E-state index contributed by atoms with van der Waals surface area (Å²) >= 11 is 0. The highest BCUT2D eigenvalue weighted by atomic mass is 16.6. The number of rotatable bonds is 7. The van der Waals surface area contributed by atoms with Crippen LogP contribution in [-0.2, 0) is 51.3 Å². The van der Waals surface area contributed by atoms with Gasteiger partial charge < -0.3 is 29.2 Å². The minimum atomic E-state index is -1.74. The number of aliphatic hydroxyl groups excluding tert-OH is 2. The van der Waals surface area contributed by atoms with E-state index in [1.54, 1.807) is 60.7 Å². The van der Waals surface area contributed by atoms with Crippen LogP contribution in [0.4, 0.5) is 0 Å². The first-order valence-corrected chi connectivity index (χ1v) is 10.1. The number of hydrogen-bond donors (Lipinski definition) is 2. The monoisotopic (exact) mass is 466 g/mol. The third-order valence-electron chi connectivity index (χ3n) is 5.04. The Kier molecular flexibility index (Phi) is 6.30.